The fraction of sp³-hybridized carbons (Fsp3) is 0.200. The van der Waals surface area contributed by atoms with Crippen molar-refractivity contribution in [1.82, 2.24) is 0 Å². The molecule has 1 aliphatic carbocycles. The number of furan rings is 1. The van der Waals surface area contributed by atoms with Crippen molar-refractivity contribution < 1.29 is 4.42 Å². The van der Waals surface area contributed by atoms with Crippen molar-refractivity contribution in [2.75, 3.05) is 0 Å². The van der Waals surface area contributed by atoms with E-state index >= 15 is 0 Å². The van der Waals surface area contributed by atoms with Crippen LogP contribution in [0.15, 0.2) is 41.0 Å². The zero-order chi connectivity index (χ0) is 7.52. The third-order valence-electron chi connectivity index (χ3n) is 1.80. The molecule has 0 unspecified atom stereocenters. The Morgan fingerprint density at radius 1 is 1.27 bits per heavy atom. The van der Waals surface area contributed by atoms with Crippen molar-refractivity contribution in [3.63, 3.8) is 0 Å². The second kappa shape index (κ2) is 2.79. The molecule has 1 heteroatoms. The zero-order valence-electron chi connectivity index (χ0n) is 6.29. The van der Waals surface area contributed by atoms with Crippen molar-refractivity contribution in [2.24, 2.45) is 0 Å². The molecule has 0 bridgehead atoms. The van der Waals surface area contributed by atoms with Gasteiger partial charge in [0.25, 0.3) is 0 Å². The Kier molecular flexibility index (Phi) is 1.64. The molecule has 0 aromatic carbocycles. The highest BCUT2D eigenvalue weighted by Gasteiger charge is 2.01. The van der Waals surface area contributed by atoms with Gasteiger partial charge in [-0.1, -0.05) is 18.2 Å². The Morgan fingerprint density at radius 2 is 2.27 bits per heavy atom. The molecule has 0 N–H and O–H groups in total. The SMILES string of the molecule is C1=CC(c2ccco2)=CCC1. The van der Waals surface area contributed by atoms with Crippen LogP contribution in [0.3, 0.4) is 0 Å². The molecule has 0 radical (unpaired) electrons. The minimum atomic E-state index is 0.973. The van der Waals surface area contributed by atoms with Gasteiger partial charge in [0.15, 0.2) is 0 Å². The Labute approximate surface area is 66.0 Å². The summed E-state index contributed by atoms with van der Waals surface area (Å²) in [6, 6.07) is 3.90. The summed E-state index contributed by atoms with van der Waals surface area (Å²) in [6.45, 7) is 0. The maximum atomic E-state index is 5.25. The fourth-order valence-corrected chi connectivity index (χ4v) is 1.24. The topological polar surface area (TPSA) is 13.1 Å². The van der Waals surface area contributed by atoms with E-state index in [9.17, 15) is 0 Å². The molecule has 1 aromatic heterocycles. The van der Waals surface area contributed by atoms with Crippen LogP contribution in [0.1, 0.15) is 18.6 Å². The van der Waals surface area contributed by atoms with Gasteiger partial charge in [0.05, 0.1) is 6.26 Å². The first-order chi connectivity index (χ1) is 5.47. The van der Waals surface area contributed by atoms with Crippen LogP contribution in [0, 0.1) is 0 Å². The molecule has 1 heterocycles. The summed E-state index contributed by atoms with van der Waals surface area (Å²) >= 11 is 0. The molecule has 0 saturated carbocycles. The number of hydrogen-bond donors (Lipinski definition) is 0. The highest BCUT2D eigenvalue weighted by Crippen LogP contribution is 2.20. The van der Waals surface area contributed by atoms with Crippen molar-refractivity contribution in [2.45, 2.75) is 12.8 Å². The molecule has 11 heavy (non-hydrogen) atoms. The number of rotatable bonds is 1. The second-order valence-corrected chi connectivity index (χ2v) is 2.62. The molecule has 2 rings (SSSR count). The molecule has 0 atom stereocenters. The number of hydrogen-bond acceptors (Lipinski definition) is 1. The van der Waals surface area contributed by atoms with Crippen LogP contribution < -0.4 is 0 Å². The van der Waals surface area contributed by atoms with E-state index in [0.717, 1.165) is 18.6 Å². The second-order valence-electron chi connectivity index (χ2n) is 2.62. The van der Waals surface area contributed by atoms with Gasteiger partial charge in [-0.25, -0.2) is 0 Å². The first kappa shape index (κ1) is 6.47. The van der Waals surface area contributed by atoms with E-state index in [-0.39, 0.29) is 0 Å². The van der Waals surface area contributed by atoms with Gasteiger partial charge in [-0.15, -0.1) is 0 Å². The van der Waals surface area contributed by atoms with Crippen molar-refractivity contribution in [3.05, 3.63) is 42.4 Å². The lowest BCUT2D eigenvalue weighted by atomic mass is 10.1. The quantitative estimate of drug-likeness (QED) is 0.593. The Hall–Kier alpha value is -1.24. The predicted molar refractivity (Wildman–Crippen MR) is 45.1 cm³/mol. The molecule has 1 aromatic rings. The normalized spacial score (nSPS) is 16.5. The Balaban J connectivity index is 2.29. The highest BCUT2D eigenvalue weighted by atomic mass is 16.3. The first-order valence-electron chi connectivity index (χ1n) is 3.87. The third kappa shape index (κ3) is 1.27. The van der Waals surface area contributed by atoms with Crippen LogP contribution in [0.4, 0.5) is 0 Å². The highest BCUT2D eigenvalue weighted by molar-refractivity contribution is 5.71. The summed E-state index contributed by atoms with van der Waals surface area (Å²) < 4.78 is 5.25. The van der Waals surface area contributed by atoms with Gasteiger partial charge in [-0.05, 0) is 25.0 Å². The predicted octanol–water partition coefficient (Wildman–Crippen LogP) is 3.01. The van der Waals surface area contributed by atoms with Crippen LogP contribution in [-0.4, -0.2) is 0 Å². The molecule has 0 amide bonds. The summed E-state index contributed by atoms with van der Waals surface area (Å²) in [7, 11) is 0. The monoisotopic (exact) mass is 146 g/mol. The Bertz CT molecular complexity index is 278. The maximum Gasteiger partial charge on any atom is 0.133 e. The minimum absolute atomic E-state index is 0.973. The van der Waals surface area contributed by atoms with Crippen molar-refractivity contribution >= 4 is 5.57 Å². The standard InChI is InChI=1S/C10H10O/c1-2-5-9(6-3-1)10-7-4-8-11-10/h2,4-8H,1,3H2. The molecule has 1 aliphatic rings. The third-order valence-corrected chi connectivity index (χ3v) is 1.80. The van der Waals surface area contributed by atoms with Crippen LogP contribution in [0.25, 0.3) is 5.57 Å². The molecule has 0 fully saturated rings. The van der Waals surface area contributed by atoms with E-state index in [1.807, 2.05) is 12.1 Å². The van der Waals surface area contributed by atoms with Crippen LogP contribution in [-0.2, 0) is 0 Å². The van der Waals surface area contributed by atoms with Gasteiger partial charge in [0.2, 0.25) is 0 Å². The lowest BCUT2D eigenvalue weighted by molar-refractivity contribution is 0.553. The molecular formula is C10H10O. The van der Waals surface area contributed by atoms with Gasteiger partial charge >= 0.3 is 0 Å². The van der Waals surface area contributed by atoms with Crippen LogP contribution >= 0.6 is 0 Å². The summed E-state index contributed by atoms with van der Waals surface area (Å²) in [4.78, 5) is 0. The summed E-state index contributed by atoms with van der Waals surface area (Å²) in [6.07, 6.45) is 10.5. The molecule has 56 valence electrons. The van der Waals surface area contributed by atoms with E-state index in [0.29, 0.717) is 0 Å². The van der Waals surface area contributed by atoms with Gasteiger partial charge in [-0.3, -0.25) is 0 Å². The van der Waals surface area contributed by atoms with Crippen LogP contribution in [0.5, 0.6) is 0 Å². The summed E-state index contributed by atoms with van der Waals surface area (Å²) in [5.41, 5.74) is 1.21. The van der Waals surface area contributed by atoms with E-state index < -0.39 is 0 Å². The molecule has 0 aliphatic heterocycles. The smallest absolute Gasteiger partial charge is 0.133 e. The average molecular weight is 146 g/mol. The van der Waals surface area contributed by atoms with E-state index in [2.05, 4.69) is 18.2 Å². The van der Waals surface area contributed by atoms with E-state index in [1.165, 1.54) is 5.57 Å². The lowest BCUT2D eigenvalue weighted by Gasteiger charge is -2.01. The summed E-state index contributed by atoms with van der Waals surface area (Å²) in [5, 5.41) is 0. The van der Waals surface area contributed by atoms with Crippen molar-refractivity contribution in [3.8, 4) is 0 Å². The molecule has 1 nitrogen and oxygen atoms in total. The minimum Gasteiger partial charge on any atom is -0.464 e. The zero-order valence-corrected chi connectivity index (χ0v) is 6.29. The Morgan fingerprint density at radius 3 is 2.91 bits per heavy atom. The molecule has 0 saturated heterocycles. The maximum absolute atomic E-state index is 5.25. The molecular weight excluding hydrogens is 136 g/mol. The van der Waals surface area contributed by atoms with E-state index in [1.54, 1.807) is 6.26 Å². The fourth-order valence-electron chi connectivity index (χ4n) is 1.24. The summed E-state index contributed by atoms with van der Waals surface area (Å²) in [5.74, 6) is 0.973. The van der Waals surface area contributed by atoms with E-state index in [4.69, 9.17) is 4.42 Å². The van der Waals surface area contributed by atoms with Gasteiger partial charge < -0.3 is 4.42 Å². The lowest BCUT2D eigenvalue weighted by Crippen LogP contribution is -1.81. The van der Waals surface area contributed by atoms with Gasteiger partial charge in [0, 0.05) is 5.57 Å². The first-order valence-corrected chi connectivity index (χ1v) is 3.87. The van der Waals surface area contributed by atoms with Gasteiger partial charge in [0.1, 0.15) is 5.76 Å². The largest absolute Gasteiger partial charge is 0.464 e. The molecule has 0 spiro atoms. The van der Waals surface area contributed by atoms with Crippen LogP contribution in [0.2, 0.25) is 0 Å². The average Bonchev–Trinajstić information content (AvgIpc) is 2.58. The van der Waals surface area contributed by atoms with Gasteiger partial charge in [-0.2, -0.15) is 0 Å². The number of allylic oxidation sites excluding steroid dienone is 4. The van der Waals surface area contributed by atoms with Crippen molar-refractivity contribution in [1.29, 1.82) is 0 Å².